The largest absolute Gasteiger partial charge is 0.351 e. The molecule has 24 heavy (non-hydrogen) atoms. The van der Waals surface area contributed by atoms with Crippen molar-refractivity contribution in [3.8, 4) is 6.07 Å². The van der Waals surface area contributed by atoms with E-state index >= 15 is 0 Å². The van der Waals surface area contributed by atoms with Crippen molar-refractivity contribution < 1.29 is 9.59 Å². The summed E-state index contributed by atoms with van der Waals surface area (Å²) < 4.78 is 0. The molecule has 1 aromatic heterocycles. The van der Waals surface area contributed by atoms with Gasteiger partial charge in [-0.15, -0.1) is 11.3 Å². The van der Waals surface area contributed by atoms with E-state index in [1.165, 1.54) is 11.3 Å². The third-order valence-electron chi connectivity index (χ3n) is 4.31. The van der Waals surface area contributed by atoms with Crippen LogP contribution in [-0.4, -0.2) is 35.0 Å². The molecule has 128 valence electrons. The Morgan fingerprint density at radius 2 is 2.25 bits per heavy atom. The fraction of sp³-hybridized carbons (Fsp3) is 0.562. The highest BCUT2D eigenvalue weighted by molar-refractivity contribution is 8.00. The van der Waals surface area contributed by atoms with Crippen LogP contribution in [0.2, 0.25) is 0 Å². The summed E-state index contributed by atoms with van der Waals surface area (Å²) in [5, 5.41) is 18.1. The second-order valence-electron chi connectivity index (χ2n) is 6.02. The van der Waals surface area contributed by atoms with Crippen molar-refractivity contribution in [2.45, 2.75) is 49.6 Å². The van der Waals surface area contributed by atoms with Gasteiger partial charge in [-0.3, -0.25) is 4.79 Å². The molecule has 8 heteroatoms. The first-order valence-corrected chi connectivity index (χ1v) is 9.96. The van der Waals surface area contributed by atoms with Crippen LogP contribution in [0, 0.1) is 11.3 Å². The maximum atomic E-state index is 11.9. The van der Waals surface area contributed by atoms with Crippen LogP contribution in [-0.2, 0) is 11.3 Å². The van der Waals surface area contributed by atoms with Crippen LogP contribution >= 0.6 is 23.1 Å². The van der Waals surface area contributed by atoms with Crippen molar-refractivity contribution in [1.82, 2.24) is 16.0 Å². The summed E-state index contributed by atoms with van der Waals surface area (Å²) in [7, 11) is 0. The van der Waals surface area contributed by atoms with Gasteiger partial charge in [0.1, 0.15) is 10.9 Å². The normalized spacial score (nSPS) is 24.8. The van der Waals surface area contributed by atoms with Crippen molar-refractivity contribution >= 4 is 35.0 Å². The molecule has 2 fully saturated rings. The van der Waals surface area contributed by atoms with Crippen LogP contribution in [0.3, 0.4) is 0 Å². The fourth-order valence-electron chi connectivity index (χ4n) is 3.08. The molecule has 0 unspecified atom stereocenters. The van der Waals surface area contributed by atoms with Gasteiger partial charge in [0.2, 0.25) is 5.91 Å². The van der Waals surface area contributed by atoms with E-state index in [9.17, 15) is 9.59 Å². The summed E-state index contributed by atoms with van der Waals surface area (Å²) in [4.78, 5) is 24.9. The lowest BCUT2D eigenvalue weighted by Crippen LogP contribution is -2.36. The number of urea groups is 1. The van der Waals surface area contributed by atoms with Gasteiger partial charge in [-0.1, -0.05) is 6.42 Å². The number of carbonyl (C=O) groups is 2. The van der Waals surface area contributed by atoms with Crippen molar-refractivity contribution in [2.75, 3.05) is 5.75 Å². The number of fused-ring (bicyclic) bond motifs is 1. The smallest absolute Gasteiger partial charge is 0.315 e. The lowest BCUT2D eigenvalue weighted by Gasteiger charge is -2.16. The number of hydrogen-bond donors (Lipinski definition) is 3. The molecule has 0 aromatic carbocycles. The number of thioether (sulfide) groups is 1. The molecule has 3 heterocycles. The Bertz CT molecular complexity index is 655. The third kappa shape index (κ3) is 4.22. The zero-order valence-corrected chi connectivity index (χ0v) is 14.8. The van der Waals surface area contributed by atoms with Gasteiger partial charge in [0, 0.05) is 22.3 Å². The van der Waals surface area contributed by atoms with Gasteiger partial charge >= 0.3 is 6.03 Å². The number of carbonyl (C=O) groups excluding carboxylic acids is 2. The minimum absolute atomic E-state index is 0.0506. The number of hydrogen-bond acceptors (Lipinski definition) is 5. The molecule has 0 saturated carbocycles. The van der Waals surface area contributed by atoms with Crippen molar-refractivity contribution in [3.05, 3.63) is 21.9 Å². The highest BCUT2D eigenvalue weighted by Gasteiger charge is 2.42. The Balaban J connectivity index is 1.30. The van der Waals surface area contributed by atoms with Crippen molar-refractivity contribution in [2.24, 2.45) is 0 Å². The zero-order chi connectivity index (χ0) is 16.9. The standard InChI is InChI=1S/C16H20N4O2S2/c17-7-10-5-6-11(24-10)8-18-14(21)4-2-1-3-13-15-12(9-23-13)19-16(22)20-15/h5-6,12-13,15H,1-4,8-9H2,(H,18,21)(H2,19,20,22)/t12-,13-,15-/m0/s1. The molecule has 3 atom stereocenters. The molecule has 6 nitrogen and oxygen atoms in total. The molecule has 1 aromatic rings. The van der Waals surface area contributed by atoms with E-state index < -0.39 is 0 Å². The van der Waals surface area contributed by atoms with E-state index in [1.807, 2.05) is 17.8 Å². The third-order valence-corrected chi connectivity index (χ3v) is 6.81. The Morgan fingerprint density at radius 1 is 1.38 bits per heavy atom. The molecule has 0 aliphatic carbocycles. The molecule has 2 aliphatic heterocycles. The lowest BCUT2D eigenvalue weighted by atomic mass is 10.0. The maximum absolute atomic E-state index is 11.9. The molecule has 3 amide bonds. The van der Waals surface area contributed by atoms with Crippen LogP contribution in [0.5, 0.6) is 0 Å². The first-order valence-electron chi connectivity index (χ1n) is 8.10. The minimum Gasteiger partial charge on any atom is -0.351 e. The number of thiophene rings is 1. The van der Waals surface area contributed by atoms with Crippen molar-refractivity contribution in [1.29, 1.82) is 5.26 Å². The van der Waals surface area contributed by atoms with Crippen LogP contribution in [0.4, 0.5) is 4.79 Å². The van der Waals surface area contributed by atoms with E-state index in [2.05, 4.69) is 22.0 Å². The summed E-state index contributed by atoms with van der Waals surface area (Å²) in [6.07, 6.45) is 3.39. The predicted molar refractivity (Wildman–Crippen MR) is 94.8 cm³/mol. The quantitative estimate of drug-likeness (QED) is 0.509. The Morgan fingerprint density at radius 3 is 3.04 bits per heavy atom. The van der Waals surface area contributed by atoms with Gasteiger partial charge in [-0.2, -0.15) is 17.0 Å². The van der Waals surface area contributed by atoms with E-state index in [0.717, 1.165) is 29.9 Å². The molecule has 0 radical (unpaired) electrons. The fourth-order valence-corrected chi connectivity index (χ4v) is 5.37. The highest BCUT2D eigenvalue weighted by Crippen LogP contribution is 2.33. The summed E-state index contributed by atoms with van der Waals surface area (Å²) in [5.74, 6) is 1.02. The van der Waals surface area contributed by atoms with Gasteiger partial charge in [0.05, 0.1) is 18.6 Å². The van der Waals surface area contributed by atoms with E-state index in [-0.39, 0.29) is 24.0 Å². The molecular weight excluding hydrogens is 344 g/mol. The highest BCUT2D eigenvalue weighted by atomic mass is 32.2. The van der Waals surface area contributed by atoms with Gasteiger partial charge in [0.15, 0.2) is 0 Å². The second kappa shape index (κ2) is 7.90. The maximum Gasteiger partial charge on any atom is 0.315 e. The van der Waals surface area contributed by atoms with Crippen molar-refractivity contribution in [3.63, 3.8) is 0 Å². The second-order valence-corrected chi connectivity index (χ2v) is 8.46. The molecule has 2 aliphatic rings. The Labute approximate surface area is 149 Å². The van der Waals surface area contributed by atoms with E-state index in [0.29, 0.717) is 23.1 Å². The summed E-state index contributed by atoms with van der Waals surface area (Å²) in [6.45, 7) is 0.491. The predicted octanol–water partition coefficient (Wildman–Crippen LogP) is 1.96. The summed E-state index contributed by atoms with van der Waals surface area (Å²) in [6, 6.07) is 6.20. The van der Waals surface area contributed by atoms with Crippen LogP contribution < -0.4 is 16.0 Å². The molecule has 0 bridgehead atoms. The first-order chi connectivity index (χ1) is 11.7. The summed E-state index contributed by atoms with van der Waals surface area (Å²) in [5.41, 5.74) is 0. The number of nitrogens with one attached hydrogen (secondary N) is 3. The van der Waals surface area contributed by atoms with Crippen LogP contribution in [0.1, 0.15) is 35.4 Å². The minimum atomic E-state index is -0.0530. The number of amides is 3. The average molecular weight is 364 g/mol. The van der Waals surface area contributed by atoms with Gasteiger partial charge < -0.3 is 16.0 Å². The lowest BCUT2D eigenvalue weighted by molar-refractivity contribution is -0.121. The number of nitrogens with zero attached hydrogens (tertiary/aromatic N) is 1. The average Bonchev–Trinajstić information content (AvgIpc) is 3.25. The number of rotatable bonds is 7. The first kappa shape index (κ1) is 17.1. The topological polar surface area (TPSA) is 94.0 Å². The Hall–Kier alpha value is -1.72. The van der Waals surface area contributed by atoms with E-state index in [4.69, 9.17) is 5.26 Å². The molecule has 3 rings (SSSR count). The van der Waals surface area contributed by atoms with E-state index in [1.54, 1.807) is 6.07 Å². The molecule has 3 N–H and O–H groups in total. The van der Waals surface area contributed by atoms with Gasteiger partial charge in [-0.25, -0.2) is 4.79 Å². The molecular formula is C16H20N4O2S2. The Kier molecular flexibility index (Phi) is 5.63. The number of nitriles is 1. The summed E-state index contributed by atoms with van der Waals surface area (Å²) >= 11 is 3.31. The SMILES string of the molecule is N#Cc1ccc(CNC(=O)CCCC[C@@H]2SC[C@@H]3NC(=O)N[C@@H]32)s1. The monoisotopic (exact) mass is 364 g/mol. The van der Waals surface area contributed by atoms with Gasteiger partial charge in [0.25, 0.3) is 0 Å². The molecule has 2 saturated heterocycles. The molecule has 0 spiro atoms. The van der Waals surface area contributed by atoms with Crippen LogP contribution in [0.25, 0.3) is 0 Å². The van der Waals surface area contributed by atoms with Gasteiger partial charge in [-0.05, 0) is 25.0 Å². The van der Waals surface area contributed by atoms with Crippen LogP contribution in [0.15, 0.2) is 12.1 Å². The zero-order valence-electron chi connectivity index (χ0n) is 13.2. The number of unbranched alkanes of at least 4 members (excludes halogenated alkanes) is 1.